The number of halogens is 3. The Hall–Kier alpha value is -2.72. The van der Waals surface area contributed by atoms with Crippen molar-refractivity contribution in [1.82, 2.24) is 25.2 Å². The van der Waals surface area contributed by atoms with Gasteiger partial charge in [0.15, 0.2) is 5.69 Å². The van der Waals surface area contributed by atoms with Crippen molar-refractivity contribution < 1.29 is 18.0 Å². The first-order chi connectivity index (χ1) is 10.8. The standard InChI is InChI=1S/C12H14F3N7O/c1-3-6-16-8-5-4-7(9(17-8)12(13,14)15)10(23)18-11-19-20-21-22(11)2/h4-5H,3,6H2,1-2H3,(H,16,17)(H,18,19,21,23). The summed E-state index contributed by atoms with van der Waals surface area (Å²) in [6.07, 6.45) is -4.04. The summed E-state index contributed by atoms with van der Waals surface area (Å²) >= 11 is 0. The molecule has 0 aliphatic carbocycles. The second kappa shape index (κ2) is 6.58. The van der Waals surface area contributed by atoms with Gasteiger partial charge < -0.3 is 5.32 Å². The maximum atomic E-state index is 13.2. The third-order valence-corrected chi connectivity index (χ3v) is 2.81. The van der Waals surface area contributed by atoms with Gasteiger partial charge in [-0.1, -0.05) is 12.0 Å². The molecule has 2 heterocycles. The van der Waals surface area contributed by atoms with Crippen molar-refractivity contribution in [2.45, 2.75) is 19.5 Å². The molecule has 2 aromatic rings. The SMILES string of the molecule is CCCNc1ccc(C(=O)Nc2nnnn2C)c(C(F)(F)F)n1. The number of pyridine rings is 1. The van der Waals surface area contributed by atoms with E-state index in [4.69, 9.17) is 0 Å². The summed E-state index contributed by atoms with van der Waals surface area (Å²) in [6, 6.07) is 2.38. The van der Waals surface area contributed by atoms with Crippen molar-refractivity contribution in [3.05, 3.63) is 23.4 Å². The Labute approximate surface area is 129 Å². The van der Waals surface area contributed by atoms with Gasteiger partial charge in [-0.05, 0) is 29.0 Å². The minimum atomic E-state index is -4.77. The molecular weight excluding hydrogens is 315 g/mol. The first-order valence-electron chi connectivity index (χ1n) is 6.68. The number of amides is 1. The third-order valence-electron chi connectivity index (χ3n) is 2.81. The van der Waals surface area contributed by atoms with Crippen molar-refractivity contribution in [3.8, 4) is 0 Å². The van der Waals surface area contributed by atoms with Crippen LogP contribution in [0.25, 0.3) is 0 Å². The van der Waals surface area contributed by atoms with Crippen LogP contribution in [-0.4, -0.2) is 37.6 Å². The second-order valence-electron chi connectivity index (χ2n) is 4.60. The average Bonchev–Trinajstić information content (AvgIpc) is 2.89. The van der Waals surface area contributed by atoms with Crippen LogP contribution in [0.15, 0.2) is 12.1 Å². The lowest BCUT2D eigenvalue weighted by Crippen LogP contribution is -2.22. The predicted molar refractivity (Wildman–Crippen MR) is 74.8 cm³/mol. The highest BCUT2D eigenvalue weighted by molar-refractivity contribution is 6.04. The number of carbonyl (C=O) groups excluding carboxylic acids is 1. The Balaban J connectivity index is 2.33. The van der Waals surface area contributed by atoms with Gasteiger partial charge in [-0.15, -0.1) is 0 Å². The van der Waals surface area contributed by atoms with Gasteiger partial charge in [-0.2, -0.15) is 13.2 Å². The lowest BCUT2D eigenvalue weighted by molar-refractivity contribution is -0.141. The van der Waals surface area contributed by atoms with Crippen molar-refractivity contribution in [2.24, 2.45) is 7.05 Å². The first kappa shape index (κ1) is 16.6. The molecule has 0 radical (unpaired) electrons. The molecule has 0 atom stereocenters. The fraction of sp³-hybridized carbons (Fsp3) is 0.417. The molecule has 0 spiro atoms. The molecule has 8 nitrogen and oxygen atoms in total. The second-order valence-corrected chi connectivity index (χ2v) is 4.60. The van der Waals surface area contributed by atoms with E-state index in [-0.39, 0.29) is 11.8 Å². The van der Waals surface area contributed by atoms with E-state index in [1.165, 1.54) is 13.1 Å². The van der Waals surface area contributed by atoms with Crippen LogP contribution in [0.2, 0.25) is 0 Å². The average molecular weight is 329 g/mol. The van der Waals surface area contributed by atoms with Crippen molar-refractivity contribution in [3.63, 3.8) is 0 Å². The lowest BCUT2D eigenvalue weighted by Gasteiger charge is -2.13. The van der Waals surface area contributed by atoms with Crippen LogP contribution in [0.1, 0.15) is 29.4 Å². The topological polar surface area (TPSA) is 97.6 Å². The van der Waals surface area contributed by atoms with E-state index in [0.29, 0.717) is 6.54 Å². The molecule has 0 fully saturated rings. The summed E-state index contributed by atoms with van der Waals surface area (Å²) in [5, 5.41) is 15.2. The number of hydrogen-bond donors (Lipinski definition) is 2. The Morgan fingerprint density at radius 3 is 2.65 bits per heavy atom. The van der Waals surface area contributed by atoms with E-state index in [2.05, 4.69) is 31.1 Å². The maximum absolute atomic E-state index is 13.2. The molecule has 0 saturated carbocycles. The number of carbonyl (C=O) groups is 1. The Morgan fingerprint density at radius 2 is 2.09 bits per heavy atom. The number of nitrogens with zero attached hydrogens (tertiary/aromatic N) is 5. The van der Waals surface area contributed by atoms with Crippen LogP contribution in [-0.2, 0) is 13.2 Å². The van der Waals surface area contributed by atoms with Gasteiger partial charge in [0.1, 0.15) is 5.82 Å². The summed E-state index contributed by atoms with van der Waals surface area (Å²) < 4.78 is 40.6. The molecule has 0 bridgehead atoms. The van der Waals surface area contributed by atoms with Gasteiger partial charge in [0.2, 0.25) is 5.95 Å². The molecule has 11 heteroatoms. The monoisotopic (exact) mass is 329 g/mol. The minimum absolute atomic E-state index is 0.0519. The molecule has 23 heavy (non-hydrogen) atoms. The van der Waals surface area contributed by atoms with Gasteiger partial charge in [-0.25, -0.2) is 9.67 Å². The van der Waals surface area contributed by atoms with Gasteiger partial charge >= 0.3 is 6.18 Å². The van der Waals surface area contributed by atoms with Crippen LogP contribution >= 0.6 is 0 Å². The van der Waals surface area contributed by atoms with Gasteiger partial charge in [0.05, 0.1) is 5.56 Å². The maximum Gasteiger partial charge on any atom is 0.434 e. The van der Waals surface area contributed by atoms with E-state index in [1.54, 1.807) is 0 Å². The summed E-state index contributed by atoms with van der Waals surface area (Å²) in [5.74, 6) is -1.02. The summed E-state index contributed by atoms with van der Waals surface area (Å²) in [4.78, 5) is 15.6. The molecule has 0 unspecified atom stereocenters. The van der Waals surface area contributed by atoms with Gasteiger partial charge in [0, 0.05) is 13.6 Å². The molecule has 2 aromatic heterocycles. The number of anilines is 2. The zero-order valence-electron chi connectivity index (χ0n) is 12.3. The molecular formula is C12H14F3N7O. The Bertz CT molecular complexity index is 698. The number of alkyl halides is 3. The quantitative estimate of drug-likeness (QED) is 0.866. The zero-order chi connectivity index (χ0) is 17.0. The smallest absolute Gasteiger partial charge is 0.370 e. The van der Waals surface area contributed by atoms with E-state index in [0.717, 1.165) is 17.2 Å². The van der Waals surface area contributed by atoms with E-state index < -0.39 is 23.3 Å². The fourth-order valence-corrected chi connectivity index (χ4v) is 1.71. The molecule has 0 saturated heterocycles. The van der Waals surface area contributed by atoms with Gasteiger partial charge in [-0.3, -0.25) is 10.1 Å². The molecule has 0 aromatic carbocycles. The Kier molecular flexibility index (Phi) is 4.77. The van der Waals surface area contributed by atoms with E-state index in [9.17, 15) is 18.0 Å². The minimum Gasteiger partial charge on any atom is -0.370 e. The van der Waals surface area contributed by atoms with Crippen molar-refractivity contribution in [1.29, 1.82) is 0 Å². The van der Waals surface area contributed by atoms with Gasteiger partial charge in [0.25, 0.3) is 5.91 Å². The number of aryl methyl sites for hydroxylation is 1. The highest BCUT2D eigenvalue weighted by atomic mass is 19.4. The predicted octanol–water partition coefficient (Wildman–Crippen LogP) is 1.70. The van der Waals surface area contributed by atoms with Crippen LogP contribution in [0.4, 0.5) is 24.9 Å². The molecule has 2 rings (SSSR count). The number of nitrogens with one attached hydrogen (secondary N) is 2. The fourth-order valence-electron chi connectivity index (χ4n) is 1.71. The highest BCUT2D eigenvalue weighted by Crippen LogP contribution is 2.31. The lowest BCUT2D eigenvalue weighted by atomic mass is 10.1. The summed E-state index contributed by atoms with van der Waals surface area (Å²) in [5.41, 5.74) is -1.88. The molecule has 1 amide bonds. The van der Waals surface area contributed by atoms with Crippen molar-refractivity contribution >= 4 is 17.7 Å². The third kappa shape index (κ3) is 3.93. The first-order valence-corrected chi connectivity index (χ1v) is 6.68. The van der Waals surface area contributed by atoms with Crippen LogP contribution in [0.5, 0.6) is 0 Å². The Morgan fingerprint density at radius 1 is 1.35 bits per heavy atom. The van der Waals surface area contributed by atoms with Crippen molar-refractivity contribution in [2.75, 3.05) is 17.2 Å². The number of hydrogen-bond acceptors (Lipinski definition) is 6. The van der Waals surface area contributed by atoms with Crippen LogP contribution in [0, 0.1) is 0 Å². The molecule has 0 aliphatic rings. The normalized spacial score (nSPS) is 11.3. The molecule has 124 valence electrons. The van der Waals surface area contributed by atoms with Crippen LogP contribution < -0.4 is 10.6 Å². The molecule has 0 aliphatic heterocycles. The highest BCUT2D eigenvalue weighted by Gasteiger charge is 2.37. The van der Waals surface area contributed by atoms with E-state index in [1.807, 2.05) is 6.92 Å². The van der Waals surface area contributed by atoms with Crippen LogP contribution in [0.3, 0.4) is 0 Å². The number of aromatic nitrogens is 5. The number of rotatable bonds is 5. The molecule has 2 N–H and O–H groups in total. The number of tetrazole rings is 1. The summed E-state index contributed by atoms with van der Waals surface area (Å²) in [7, 11) is 1.44. The zero-order valence-corrected chi connectivity index (χ0v) is 12.3. The summed E-state index contributed by atoms with van der Waals surface area (Å²) in [6.45, 7) is 2.34. The largest absolute Gasteiger partial charge is 0.434 e. The van der Waals surface area contributed by atoms with E-state index >= 15 is 0 Å².